The predicted molar refractivity (Wildman–Crippen MR) is 237 cm³/mol. The molecule has 0 bridgehead atoms. The van der Waals surface area contributed by atoms with Crippen molar-refractivity contribution in [1.29, 1.82) is 0 Å². The van der Waals surface area contributed by atoms with Crippen LogP contribution < -0.4 is 65.1 Å². The fraction of sp³-hybridized carbons (Fsp3) is 0.622. The minimum atomic E-state index is -1.85. The molecule has 0 radical (unpaired) electrons. The fourth-order valence-electron chi connectivity index (χ4n) is 6.27. The average Bonchev–Trinajstić information content (AvgIpc) is 3.99. The minimum Gasteiger partial charge on any atom is -0.480 e. The molecule has 1 aromatic heterocycles. The van der Waals surface area contributed by atoms with Gasteiger partial charge in [-0.15, -0.1) is 0 Å². The zero-order valence-electron chi connectivity index (χ0n) is 36.0. The van der Waals surface area contributed by atoms with E-state index in [-0.39, 0.29) is 31.6 Å². The third-order valence-electron chi connectivity index (χ3n) is 9.75. The number of aliphatic hydroxyl groups excluding tert-OH is 1. The number of aromatic amines is 1. The van der Waals surface area contributed by atoms with Crippen LogP contribution in [0.3, 0.4) is 0 Å². The highest BCUT2D eigenvalue weighted by Crippen LogP contribution is 2.09. The highest BCUT2D eigenvalue weighted by Gasteiger charge is 2.36. The van der Waals surface area contributed by atoms with Crippen LogP contribution in [0.1, 0.15) is 57.6 Å². The molecule has 0 saturated carbocycles. The standard InChI is InChI=1S/C37H60N14O13S2/c1-17(52)29(51-36(63)25(15-66)50-34(61)22(10-26(39)53)47-31(58)19-6-4-8-42-19)37(64)48-23(11-27(40)54)33(60)45-20(5-2-3-7-38)32(59)49-24(14-65)35(62)46-21(9-18-12-41-16-44-18)30(57)43-13-28(55)56/h12,16-17,19-25,29,42,52,65-66H,2-11,13-15,38H2,1H3,(H2,39,53)(H2,40,54)(H,41,44)(H,43,57)(H,45,60)(H,46,62)(H,47,58)(H,48,64)(H,49,59)(H,50,61)(H,51,63)(H,55,56). The van der Waals surface area contributed by atoms with Gasteiger partial charge in [0.2, 0.25) is 59.1 Å². The summed E-state index contributed by atoms with van der Waals surface area (Å²) in [6, 6.07) is -11.5. The largest absolute Gasteiger partial charge is 0.480 e. The zero-order valence-corrected chi connectivity index (χ0v) is 37.8. The second-order valence-electron chi connectivity index (χ2n) is 15.1. The Morgan fingerprint density at radius 2 is 1.24 bits per heavy atom. The molecule has 1 fully saturated rings. The monoisotopic (exact) mass is 972 g/mol. The normalized spacial score (nSPS) is 16.8. The Balaban J connectivity index is 2.24. The number of carboxylic acids is 1. The van der Waals surface area contributed by atoms with Crippen molar-refractivity contribution >= 4 is 90.3 Å². The average molecular weight is 973 g/mol. The first-order valence-electron chi connectivity index (χ1n) is 20.7. The van der Waals surface area contributed by atoms with Gasteiger partial charge in [-0.1, -0.05) is 0 Å². The van der Waals surface area contributed by atoms with E-state index in [2.05, 4.69) is 83.1 Å². The summed E-state index contributed by atoms with van der Waals surface area (Å²) in [5, 5.41) is 41.1. The van der Waals surface area contributed by atoms with Crippen LogP contribution in [0.5, 0.6) is 0 Å². The molecule has 1 aliphatic heterocycles. The minimum absolute atomic E-state index is 0.0857. The van der Waals surface area contributed by atoms with Gasteiger partial charge in [-0.25, -0.2) is 4.98 Å². The maximum Gasteiger partial charge on any atom is 0.322 e. The molecule has 2 heterocycles. The number of hydrogen-bond donors (Lipinski definition) is 17. The van der Waals surface area contributed by atoms with E-state index in [4.69, 9.17) is 22.3 Å². The van der Waals surface area contributed by atoms with Crippen LogP contribution in [0.4, 0.5) is 0 Å². The van der Waals surface area contributed by atoms with E-state index in [9.17, 15) is 57.8 Å². The van der Waals surface area contributed by atoms with Gasteiger partial charge in [0.1, 0.15) is 48.8 Å². The summed E-state index contributed by atoms with van der Waals surface area (Å²) < 4.78 is 0. The summed E-state index contributed by atoms with van der Waals surface area (Å²) in [6.45, 7) is 1.10. The van der Waals surface area contributed by atoms with Crippen LogP contribution in [-0.4, -0.2) is 171 Å². The molecule has 18 N–H and O–H groups in total. The van der Waals surface area contributed by atoms with Gasteiger partial charge in [-0.3, -0.25) is 52.7 Å². The van der Waals surface area contributed by atoms with Gasteiger partial charge in [-0.2, -0.15) is 25.3 Å². The number of aliphatic hydroxyl groups is 1. The number of unbranched alkanes of at least 4 members (excludes halogenated alkanes) is 1. The number of primary amides is 2. The van der Waals surface area contributed by atoms with Crippen molar-refractivity contribution in [1.82, 2.24) is 57.8 Å². The molecule has 1 aromatic rings. The number of amides is 10. The molecule has 9 atom stereocenters. The van der Waals surface area contributed by atoms with Crippen LogP contribution in [0.25, 0.3) is 0 Å². The maximum atomic E-state index is 13.7. The lowest BCUT2D eigenvalue weighted by Crippen LogP contribution is -2.62. The first-order chi connectivity index (χ1) is 31.2. The number of carboxylic acid groups (broad SMARTS) is 1. The van der Waals surface area contributed by atoms with E-state index in [0.717, 1.165) is 6.92 Å². The van der Waals surface area contributed by atoms with Gasteiger partial charge in [0, 0.05) is 29.8 Å². The maximum absolute atomic E-state index is 13.7. The summed E-state index contributed by atoms with van der Waals surface area (Å²) in [7, 11) is 0. The van der Waals surface area contributed by atoms with Crippen molar-refractivity contribution in [2.45, 2.75) is 113 Å². The predicted octanol–water partition coefficient (Wildman–Crippen LogP) is -7.58. The molecule has 1 aliphatic rings. The van der Waals surface area contributed by atoms with Crippen molar-refractivity contribution < 1.29 is 63.0 Å². The smallest absolute Gasteiger partial charge is 0.322 e. The van der Waals surface area contributed by atoms with E-state index >= 15 is 0 Å². The summed E-state index contributed by atoms with van der Waals surface area (Å²) in [6.07, 6.45) is 1.10. The molecular weight excluding hydrogens is 913 g/mol. The van der Waals surface area contributed by atoms with E-state index in [1.807, 2.05) is 0 Å². The van der Waals surface area contributed by atoms with Crippen molar-refractivity contribution in [3.05, 3.63) is 18.2 Å². The molecule has 27 nitrogen and oxygen atoms in total. The van der Waals surface area contributed by atoms with Gasteiger partial charge in [0.25, 0.3) is 0 Å². The van der Waals surface area contributed by atoms with Crippen LogP contribution >= 0.6 is 25.3 Å². The number of aromatic nitrogens is 2. The molecule has 2 rings (SSSR count). The Hall–Kier alpha value is -6.04. The number of rotatable bonds is 30. The number of aliphatic carboxylic acids is 1. The summed E-state index contributed by atoms with van der Waals surface area (Å²) in [4.78, 5) is 148. The lowest BCUT2D eigenvalue weighted by Gasteiger charge is -2.28. The Labute approximate surface area is 389 Å². The molecule has 29 heteroatoms. The highest BCUT2D eigenvalue weighted by atomic mass is 32.1. The van der Waals surface area contributed by atoms with Gasteiger partial charge < -0.3 is 80.2 Å². The number of carbonyl (C=O) groups excluding carboxylic acids is 10. The number of H-pyrrole nitrogens is 1. The van der Waals surface area contributed by atoms with Crippen LogP contribution in [0.15, 0.2) is 12.5 Å². The summed E-state index contributed by atoms with van der Waals surface area (Å²) in [5.41, 5.74) is 16.7. The van der Waals surface area contributed by atoms with E-state index < -0.39 is 145 Å². The Kier molecular flexibility index (Phi) is 24.5. The zero-order chi connectivity index (χ0) is 49.5. The van der Waals surface area contributed by atoms with Crippen LogP contribution in [0.2, 0.25) is 0 Å². The first kappa shape index (κ1) is 56.1. The third kappa shape index (κ3) is 19.6. The molecule has 0 aromatic carbocycles. The molecule has 0 aliphatic carbocycles. The van der Waals surface area contributed by atoms with E-state index in [0.29, 0.717) is 31.5 Å². The quantitative estimate of drug-likeness (QED) is 0.0252. The van der Waals surface area contributed by atoms with Crippen molar-refractivity contribution in [3.63, 3.8) is 0 Å². The van der Waals surface area contributed by atoms with E-state index in [1.54, 1.807) is 0 Å². The fourth-order valence-corrected chi connectivity index (χ4v) is 6.79. The number of nitrogens with two attached hydrogens (primary N) is 3. The SMILES string of the molecule is CC(O)C(NC(=O)C(CS)NC(=O)C(CC(N)=O)NC(=O)C1CCCN1)C(=O)NC(CC(N)=O)C(=O)NC(CCCCN)C(=O)NC(CS)C(=O)NC(Cc1cnc[nH]1)C(=O)NCC(=O)O. The molecule has 9 unspecified atom stereocenters. The first-order valence-corrected chi connectivity index (χ1v) is 22.0. The van der Waals surface area contributed by atoms with Gasteiger partial charge in [0.05, 0.1) is 31.3 Å². The summed E-state index contributed by atoms with van der Waals surface area (Å²) in [5.74, 6) is -11.8. The number of nitrogens with zero attached hydrogens (tertiary/aromatic N) is 1. The van der Waals surface area contributed by atoms with Crippen LogP contribution in [0, 0.1) is 0 Å². The summed E-state index contributed by atoms with van der Waals surface area (Å²) >= 11 is 8.24. The Morgan fingerprint density at radius 1 is 0.727 bits per heavy atom. The lowest BCUT2D eigenvalue weighted by atomic mass is 10.1. The van der Waals surface area contributed by atoms with Crippen molar-refractivity contribution in [2.75, 3.05) is 31.1 Å². The molecule has 0 spiro atoms. The Morgan fingerprint density at radius 3 is 1.73 bits per heavy atom. The number of carbonyl (C=O) groups is 11. The van der Waals surface area contributed by atoms with Gasteiger partial charge in [0.15, 0.2) is 0 Å². The third-order valence-corrected chi connectivity index (χ3v) is 10.5. The number of thiol groups is 2. The second kappa shape index (κ2) is 28.8. The highest BCUT2D eigenvalue weighted by molar-refractivity contribution is 7.80. The molecule has 368 valence electrons. The number of imidazole rings is 1. The van der Waals surface area contributed by atoms with Crippen molar-refractivity contribution in [2.24, 2.45) is 17.2 Å². The van der Waals surface area contributed by atoms with E-state index in [1.165, 1.54) is 12.5 Å². The molecule has 10 amide bonds. The molecular formula is C37H60N14O13S2. The van der Waals surface area contributed by atoms with Gasteiger partial charge in [-0.05, 0) is 52.1 Å². The number of nitrogens with one attached hydrogen (secondary N) is 10. The molecule has 1 saturated heterocycles. The molecule has 66 heavy (non-hydrogen) atoms. The van der Waals surface area contributed by atoms with Crippen LogP contribution in [-0.2, 0) is 59.2 Å². The second-order valence-corrected chi connectivity index (χ2v) is 15.9. The van der Waals surface area contributed by atoms with Crippen molar-refractivity contribution in [3.8, 4) is 0 Å². The topological polar surface area (TPSA) is 443 Å². The Bertz CT molecular complexity index is 1870. The van der Waals surface area contributed by atoms with Gasteiger partial charge >= 0.3 is 5.97 Å². The number of hydrogen-bond acceptors (Lipinski definition) is 17. The lowest BCUT2D eigenvalue weighted by molar-refractivity contribution is -0.138.